The van der Waals surface area contributed by atoms with Crippen LogP contribution < -0.4 is 5.32 Å². The lowest BCUT2D eigenvalue weighted by molar-refractivity contribution is -0.150. The first-order valence-corrected chi connectivity index (χ1v) is 3.57. The smallest absolute Gasteiger partial charge is 0.373 e. The van der Waals surface area contributed by atoms with Gasteiger partial charge in [0.2, 0.25) is 0 Å². The fourth-order valence-electron chi connectivity index (χ4n) is 0.844. The number of carboxylic acids is 1. The van der Waals surface area contributed by atoms with E-state index in [9.17, 15) is 9.59 Å². The van der Waals surface area contributed by atoms with E-state index in [4.69, 9.17) is 5.11 Å². The summed E-state index contributed by atoms with van der Waals surface area (Å²) in [7, 11) is 1.58. The standard InChI is InChI=1S/C7H13NO3/c1-3-4-5(8-2)6(9)7(10)11/h5,8H,3-4H2,1-2H3,(H,10,11). The molecule has 0 spiro atoms. The van der Waals surface area contributed by atoms with E-state index in [1.54, 1.807) is 7.05 Å². The molecule has 0 aliphatic carbocycles. The van der Waals surface area contributed by atoms with Crippen molar-refractivity contribution in [2.24, 2.45) is 0 Å². The maximum absolute atomic E-state index is 10.8. The maximum atomic E-state index is 10.8. The molecule has 1 unspecified atom stereocenters. The Morgan fingerprint density at radius 2 is 2.09 bits per heavy atom. The van der Waals surface area contributed by atoms with Crippen LogP contribution in [0, 0.1) is 0 Å². The minimum absolute atomic E-state index is 0.530. The molecule has 4 nitrogen and oxygen atoms in total. The number of hydrogen-bond acceptors (Lipinski definition) is 3. The fraction of sp³-hybridized carbons (Fsp3) is 0.714. The molecule has 1 atom stereocenters. The zero-order valence-electron chi connectivity index (χ0n) is 6.76. The molecular weight excluding hydrogens is 146 g/mol. The predicted octanol–water partition coefficient (Wildman–Crippen LogP) is 0.0282. The summed E-state index contributed by atoms with van der Waals surface area (Å²) >= 11 is 0. The number of rotatable bonds is 5. The zero-order valence-corrected chi connectivity index (χ0v) is 6.76. The van der Waals surface area contributed by atoms with Crippen molar-refractivity contribution in [1.82, 2.24) is 5.32 Å². The zero-order chi connectivity index (χ0) is 8.85. The van der Waals surface area contributed by atoms with E-state index in [1.165, 1.54) is 0 Å². The first-order chi connectivity index (χ1) is 5.13. The Kier molecular flexibility index (Phi) is 4.45. The van der Waals surface area contributed by atoms with E-state index in [1.807, 2.05) is 6.92 Å². The molecule has 0 aromatic heterocycles. The van der Waals surface area contributed by atoms with Gasteiger partial charge in [0.05, 0.1) is 6.04 Å². The summed E-state index contributed by atoms with van der Waals surface area (Å²) in [5.74, 6) is -2.12. The second-order valence-electron chi connectivity index (χ2n) is 2.30. The van der Waals surface area contributed by atoms with E-state index in [-0.39, 0.29) is 0 Å². The van der Waals surface area contributed by atoms with Gasteiger partial charge in [-0.3, -0.25) is 4.79 Å². The molecule has 4 heteroatoms. The van der Waals surface area contributed by atoms with Gasteiger partial charge in [0.25, 0.3) is 5.78 Å². The highest BCUT2D eigenvalue weighted by Crippen LogP contribution is 1.96. The van der Waals surface area contributed by atoms with Gasteiger partial charge in [0.1, 0.15) is 0 Å². The molecule has 11 heavy (non-hydrogen) atoms. The number of aliphatic carboxylic acids is 1. The van der Waals surface area contributed by atoms with Crippen LogP contribution in [-0.2, 0) is 9.59 Å². The van der Waals surface area contributed by atoms with Gasteiger partial charge < -0.3 is 10.4 Å². The highest BCUT2D eigenvalue weighted by Gasteiger charge is 2.21. The van der Waals surface area contributed by atoms with Crippen molar-refractivity contribution in [3.8, 4) is 0 Å². The molecule has 0 radical (unpaired) electrons. The topological polar surface area (TPSA) is 66.4 Å². The van der Waals surface area contributed by atoms with Crippen LogP contribution in [0.25, 0.3) is 0 Å². The average molecular weight is 159 g/mol. The van der Waals surface area contributed by atoms with Gasteiger partial charge in [-0.1, -0.05) is 13.3 Å². The van der Waals surface area contributed by atoms with Crippen LogP contribution in [0.4, 0.5) is 0 Å². The van der Waals surface area contributed by atoms with Gasteiger partial charge in [-0.2, -0.15) is 0 Å². The molecule has 0 amide bonds. The number of ketones is 1. The van der Waals surface area contributed by atoms with Crippen LogP contribution in [0.5, 0.6) is 0 Å². The minimum atomic E-state index is -1.36. The van der Waals surface area contributed by atoms with Crippen molar-refractivity contribution in [2.75, 3.05) is 7.05 Å². The summed E-state index contributed by atoms with van der Waals surface area (Å²) in [6.45, 7) is 1.90. The summed E-state index contributed by atoms with van der Waals surface area (Å²) in [4.78, 5) is 21.0. The molecule has 0 aromatic rings. The Morgan fingerprint density at radius 3 is 2.36 bits per heavy atom. The Morgan fingerprint density at radius 1 is 1.55 bits per heavy atom. The van der Waals surface area contributed by atoms with Gasteiger partial charge in [-0.15, -0.1) is 0 Å². The van der Waals surface area contributed by atoms with Crippen LogP contribution in [0.1, 0.15) is 19.8 Å². The second-order valence-corrected chi connectivity index (χ2v) is 2.30. The molecule has 64 valence electrons. The average Bonchev–Trinajstić information content (AvgIpc) is 1.98. The monoisotopic (exact) mass is 159 g/mol. The van der Waals surface area contributed by atoms with Crippen molar-refractivity contribution < 1.29 is 14.7 Å². The van der Waals surface area contributed by atoms with Crippen molar-refractivity contribution in [2.45, 2.75) is 25.8 Å². The van der Waals surface area contributed by atoms with Crippen LogP contribution in [0.2, 0.25) is 0 Å². The first-order valence-electron chi connectivity index (χ1n) is 3.57. The van der Waals surface area contributed by atoms with Gasteiger partial charge in [0, 0.05) is 0 Å². The van der Waals surface area contributed by atoms with Crippen LogP contribution in [0.3, 0.4) is 0 Å². The van der Waals surface area contributed by atoms with Crippen molar-refractivity contribution in [3.05, 3.63) is 0 Å². The third kappa shape index (κ3) is 3.13. The summed E-state index contributed by atoms with van der Waals surface area (Å²) in [6.07, 6.45) is 1.37. The van der Waals surface area contributed by atoms with Crippen LogP contribution in [0.15, 0.2) is 0 Å². The van der Waals surface area contributed by atoms with E-state index in [0.29, 0.717) is 6.42 Å². The summed E-state index contributed by atoms with van der Waals surface area (Å²) < 4.78 is 0. The van der Waals surface area contributed by atoms with Gasteiger partial charge >= 0.3 is 5.97 Å². The lowest BCUT2D eigenvalue weighted by atomic mass is 10.1. The number of likely N-dealkylation sites (N-methyl/N-ethyl adjacent to an activating group) is 1. The SMILES string of the molecule is CCCC(NC)C(=O)C(=O)O. The third-order valence-electron chi connectivity index (χ3n) is 1.45. The lowest BCUT2D eigenvalue weighted by Gasteiger charge is -2.09. The number of carbonyl (C=O) groups is 2. The van der Waals surface area contributed by atoms with Crippen molar-refractivity contribution in [3.63, 3.8) is 0 Å². The fourth-order valence-corrected chi connectivity index (χ4v) is 0.844. The molecule has 0 rings (SSSR count). The van der Waals surface area contributed by atoms with Gasteiger partial charge in [-0.05, 0) is 13.5 Å². The Labute approximate surface area is 65.6 Å². The second kappa shape index (κ2) is 4.85. The number of hydrogen-bond donors (Lipinski definition) is 2. The molecule has 0 aliphatic rings. The number of Topliss-reactive ketones (excluding diaryl/α,β-unsaturated/α-hetero) is 1. The molecule has 0 saturated heterocycles. The van der Waals surface area contributed by atoms with E-state index < -0.39 is 17.8 Å². The number of carboxylic acid groups (broad SMARTS) is 1. The minimum Gasteiger partial charge on any atom is -0.475 e. The Balaban J connectivity index is 4.02. The third-order valence-corrected chi connectivity index (χ3v) is 1.45. The highest BCUT2D eigenvalue weighted by atomic mass is 16.4. The normalized spacial score (nSPS) is 12.5. The van der Waals surface area contributed by atoms with Crippen LogP contribution in [-0.4, -0.2) is 29.9 Å². The number of carbonyl (C=O) groups excluding carboxylic acids is 1. The quantitative estimate of drug-likeness (QED) is 0.555. The molecule has 0 aliphatic heterocycles. The molecule has 0 fully saturated rings. The summed E-state index contributed by atoms with van der Waals surface area (Å²) in [5.41, 5.74) is 0. The molecule has 0 saturated carbocycles. The predicted molar refractivity (Wildman–Crippen MR) is 40.4 cm³/mol. The molecule has 0 bridgehead atoms. The largest absolute Gasteiger partial charge is 0.475 e. The van der Waals surface area contributed by atoms with Gasteiger partial charge in [0.15, 0.2) is 0 Å². The van der Waals surface area contributed by atoms with E-state index in [0.717, 1.165) is 6.42 Å². The summed E-state index contributed by atoms with van der Waals surface area (Å²) in [6, 6.07) is -0.530. The van der Waals surface area contributed by atoms with Crippen molar-refractivity contribution >= 4 is 11.8 Å². The van der Waals surface area contributed by atoms with Crippen molar-refractivity contribution in [1.29, 1.82) is 0 Å². The van der Waals surface area contributed by atoms with Crippen LogP contribution >= 0.6 is 0 Å². The number of nitrogens with one attached hydrogen (secondary N) is 1. The maximum Gasteiger partial charge on any atom is 0.373 e. The first kappa shape index (κ1) is 10.1. The molecule has 0 heterocycles. The highest BCUT2D eigenvalue weighted by molar-refractivity contribution is 6.34. The summed E-state index contributed by atoms with van der Waals surface area (Å²) in [5, 5.41) is 11.0. The molecule has 2 N–H and O–H groups in total. The van der Waals surface area contributed by atoms with E-state index >= 15 is 0 Å². The Hall–Kier alpha value is -0.900. The van der Waals surface area contributed by atoms with E-state index in [2.05, 4.69) is 5.32 Å². The van der Waals surface area contributed by atoms with Gasteiger partial charge in [-0.25, -0.2) is 4.79 Å². The molecular formula is C7H13NO3. The lowest BCUT2D eigenvalue weighted by Crippen LogP contribution is -2.38. The Bertz CT molecular complexity index is 156. The molecule has 0 aromatic carbocycles.